The second kappa shape index (κ2) is 5.07. The standard InChI is InChI=1S/C9H18N2O2/c1-2-6-11-8(3-5-10)4-7-13-9(11)12/h8H,2-7,10H2,1H3. The van der Waals surface area contributed by atoms with Gasteiger partial charge < -0.3 is 15.4 Å². The van der Waals surface area contributed by atoms with Crippen LogP contribution in [0.1, 0.15) is 26.2 Å². The fourth-order valence-electron chi connectivity index (χ4n) is 1.68. The lowest BCUT2D eigenvalue weighted by atomic mass is 10.1. The molecule has 1 fully saturated rings. The van der Waals surface area contributed by atoms with Crippen molar-refractivity contribution in [3.05, 3.63) is 0 Å². The lowest BCUT2D eigenvalue weighted by Gasteiger charge is -2.34. The number of cyclic esters (lactones) is 1. The third-order valence-electron chi connectivity index (χ3n) is 2.32. The summed E-state index contributed by atoms with van der Waals surface area (Å²) < 4.78 is 4.97. The van der Waals surface area contributed by atoms with Crippen LogP contribution in [0.15, 0.2) is 0 Å². The third-order valence-corrected chi connectivity index (χ3v) is 2.32. The molecule has 0 aromatic carbocycles. The topological polar surface area (TPSA) is 55.6 Å². The Bertz CT molecular complexity index is 171. The first-order valence-electron chi connectivity index (χ1n) is 4.93. The van der Waals surface area contributed by atoms with E-state index in [4.69, 9.17) is 10.5 Å². The van der Waals surface area contributed by atoms with Gasteiger partial charge in [-0.1, -0.05) is 6.92 Å². The van der Waals surface area contributed by atoms with Gasteiger partial charge >= 0.3 is 6.09 Å². The Labute approximate surface area is 79.0 Å². The molecule has 0 saturated carbocycles. The lowest BCUT2D eigenvalue weighted by Crippen LogP contribution is -2.46. The molecule has 1 rings (SSSR count). The summed E-state index contributed by atoms with van der Waals surface area (Å²) in [4.78, 5) is 13.1. The average Bonchev–Trinajstić information content (AvgIpc) is 2.11. The van der Waals surface area contributed by atoms with E-state index in [1.54, 1.807) is 4.90 Å². The summed E-state index contributed by atoms with van der Waals surface area (Å²) in [6.07, 6.45) is 2.60. The number of hydrogen-bond acceptors (Lipinski definition) is 3. The van der Waals surface area contributed by atoms with Gasteiger partial charge in [0.15, 0.2) is 0 Å². The molecule has 0 bridgehead atoms. The Balaban J connectivity index is 2.51. The number of rotatable bonds is 4. The maximum atomic E-state index is 11.3. The van der Waals surface area contributed by atoms with Crippen LogP contribution in [0.4, 0.5) is 4.79 Å². The second-order valence-corrected chi connectivity index (χ2v) is 3.33. The molecule has 1 atom stereocenters. The highest BCUT2D eigenvalue weighted by Crippen LogP contribution is 2.16. The van der Waals surface area contributed by atoms with Crippen LogP contribution in [0.3, 0.4) is 0 Å². The van der Waals surface area contributed by atoms with Crippen LogP contribution in [0.5, 0.6) is 0 Å². The fraction of sp³-hybridized carbons (Fsp3) is 0.889. The number of carbonyl (C=O) groups is 1. The van der Waals surface area contributed by atoms with Gasteiger partial charge in [0.2, 0.25) is 0 Å². The zero-order valence-electron chi connectivity index (χ0n) is 8.16. The first-order valence-corrected chi connectivity index (χ1v) is 4.93. The zero-order chi connectivity index (χ0) is 9.68. The van der Waals surface area contributed by atoms with Crippen LogP contribution in [0, 0.1) is 0 Å². The summed E-state index contributed by atoms with van der Waals surface area (Å²) in [6.45, 7) is 4.02. The highest BCUT2D eigenvalue weighted by molar-refractivity contribution is 5.68. The summed E-state index contributed by atoms with van der Waals surface area (Å²) in [5, 5.41) is 0. The van der Waals surface area contributed by atoms with Gasteiger partial charge in [0.25, 0.3) is 0 Å². The minimum atomic E-state index is -0.174. The Morgan fingerprint density at radius 3 is 3.08 bits per heavy atom. The molecular formula is C9H18N2O2. The first kappa shape index (κ1) is 10.3. The van der Waals surface area contributed by atoms with E-state index in [0.717, 1.165) is 25.8 Å². The van der Waals surface area contributed by atoms with Gasteiger partial charge in [-0.25, -0.2) is 4.79 Å². The Kier molecular flexibility index (Phi) is 4.02. The summed E-state index contributed by atoms with van der Waals surface area (Å²) in [5.41, 5.74) is 5.48. The monoisotopic (exact) mass is 186 g/mol. The molecule has 1 unspecified atom stereocenters. The van der Waals surface area contributed by atoms with Crippen LogP contribution in [-0.4, -0.2) is 36.7 Å². The molecule has 0 aromatic heterocycles. The average molecular weight is 186 g/mol. The van der Waals surface area contributed by atoms with Crippen LogP contribution in [0.25, 0.3) is 0 Å². The highest BCUT2D eigenvalue weighted by Gasteiger charge is 2.27. The molecule has 4 nitrogen and oxygen atoms in total. The molecule has 0 spiro atoms. The van der Waals surface area contributed by atoms with Gasteiger partial charge in [0.05, 0.1) is 6.61 Å². The number of hydrogen-bond donors (Lipinski definition) is 1. The van der Waals surface area contributed by atoms with Crippen LogP contribution in [0.2, 0.25) is 0 Å². The molecule has 76 valence electrons. The first-order chi connectivity index (χ1) is 6.29. The van der Waals surface area contributed by atoms with Crippen molar-refractivity contribution in [3.8, 4) is 0 Å². The van der Waals surface area contributed by atoms with E-state index in [-0.39, 0.29) is 6.09 Å². The number of carbonyl (C=O) groups excluding carboxylic acids is 1. The quantitative estimate of drug-likeness (QED) is 0.711. The van der Waals surface area contributed by atoms with Crippen molar-refractivity contribution >= 4 is 6.09 Å². The van der Waals surface area contributed by atoms with Crippen molar-refractivity contribution in [1.29, 1.82) is 0 Å². The minimum absolute atomic E-state index is 0.174. The summed E-state index contributed by atoms with van der Waals surface area (Å²) >= 11 is 0. The molecule has 0 aliphatic carbocycles. The van der Waals surface area contributed by atoms with E-state index in [1.165, 1.54) is 0 Å². The van der Waals surface area contributed by atoms with E-state index in [9.17, 15) is 4.79 Å². The predicted molar refractivity (Wildman–Crippen MR) is 50.4 cm³/mol. The largest absolute Gasteiger partial charge is 0.449 e. The van der Waals surface area contributed by atoms with Gasteiger partial charge in [0.1, 0.15) is 0 Å². The molecule has 2 N–H and O–H groups in total. The van der Waals surface area contributed by atoms with E-state index < -0.39 is 0 Å². The molecule has 1 heterocycles. The second-order valence-electron chi connectivity index (χ2n) is 3.33. The summed E-state index contributed by atoms with van der Waals surface area (Å²) in [6, 6.07) is 0.297. The molecular weight excluding hydrogens is 168 g/mol. The SMILES string of the molecule is CCCN1C(=O)OCCC1CCN. The van der Waals surface area contributed by atoms with Crippen molar-refractivity contribution < 1.29 is 9.53 Å². The highest BCUT2D eigenvalue weighted by atomic mass is 16.6. The Hall–Kier alpha value is -0.770. The van der Waals surface area contributed by atoms with Crippen molar-refractivity contribution in [2.75, 3.05) is 19.7 Å². The van der Waals surface area contributed by atoms with Gasteiger partial charge in [0, 0.05) is 19.0 Å². The molecule has 1 amide bonds. The minimum Gasteiger partial charge on any atom is -0.449 e. The van der Waals surface area contributed by atoms with Gasteiger partial charge in [-0.15, -0.1) is 0 Å². The molecule has 1 saturated heterocycles. The Morgan fingerprint density at radius 1 is 1.69 bits per heavy atom. The van der Waals surface area contributed by atoms with E-state index in [1.807, 2.05) is 0 Å². The van der Waals surface area contributed by atoms with Crippen molar-refractivity contribution in [2.45, 2.75) is 32.2 Å². The van der Waals surface area contributed by atoms with Crippen molar-refractivity contribution in [2.24, 2.45) is 5.73 Å². The normalized spacial score (nSPS) is 23.1. The Morgan fingerprint density at radius 2 is 2.46 bits per heavy atom. The predicted octanol–water partition coefficient (Wildman–Crippen LogP) is 0.956. The molecule has 4 heteroatoms. The van der Waals surface area contributed by atoms with Gasteiger partial charge in [-0.3, -0.25) is 0 Å². The summed E-state index contributed by atoms with van der Waals surface area (Å²) in [5.74, 6) is 0. The van der Waals surface area contributed by atoms with Crippen LogP contribution >= 0.6 is 0 Å². The van der Waals surface area contributed by atoms with Crippen molar-refractivity contribution in [3.63, 3.8) is 0 Å². The van der Waals surface area contributed by atoms with E-state index in [2.05, 4.69) is 6.92 Å². The van der Waals surface area contributed by atoms with Gasteiger partial charge in [-0.05, 0) is 19.4 Å². The maximum absolute atomic E-state index is 11.3. The zero-order valence-corrected chi connectivity index (χ0v) is 8.16. The van der Waals surface area contributed by atoms with E-state index in [0.29, 0.717) is 19.2 Å². The molecule has 1 aliphatic heterocycles. The molecule has 1 aliphatic rings. The summed E-state index contributed by atoms with van der Waals surface area (Å²) in [7, 11) is 0. The maximum Gasteiger partial charge on any atom is 0.410 e. The number of nitrogens with zero attached hydrogens (tertiary/aromatic N) is 1. The number of ether oxygens (including phenoxy) is 1. The van der Waals surface area contributed by atoms with Crippen molar-refractivity contribution in [1.82, 2.24) is 4.90 Å². The number of nitrogens with two attached hydrogens (primary N) is 1. The smallest absolute Gasteiger partial charge is 0.410 e. The van der Waals surface area contributed by atoms with E-state index >= 15 is 0 Å². The third kappa shape index (κ3) is 2.59. The molecule has 0 aromatic rings. The van der Waals surface area contributed by atoms with Crippen LogP contribution in [-0.2, 0) is 4.74 Å². The van der Waals surface area contributed by atoms with Gasteiger partial charge in [-0.2, -0.15) is 0 Å². The molecule has 13 heavy (non-hydrogen) atoms. The number of amides is 1. The molecule has 0 radical (unpaired) electrons. The lowest BCUT2D eigenvalue weighted by molar-refractivity contribution is 0.0425. The fourth-order valence-corrected chi connectivity index (χ4v) is 1.68. The van der Waals surface area contributed by atoms with Crippen LogP contribution < -0.4 is 5.73 Å².